The number of hydrogen-bond acceptors (Lipinski definition) is 4. The Hall–Kier alpha value is -0.860. The number of benzene rings is 1. The van der Waals surface area contributed by atoms with E-state index in [9.17, 15) is 18.3 Å². The van der Waals surface area contributed by atoms with Crippen molar-refractivity contribution >= 4 is 39.2 Å². The van der Waals surface area contributed by atoms with E-state index in [1.54, 1.807) is 0 Å². The molecule has 1 heterocycles. The van der Waals surface area contributed by atoms with Crippen molar-refractivity contribution in [1.82, 2.24) is 4.31 Å². The summed E-state index contributed by atoms with van der Waals surface area (Å²) in [6, 6.07) is 1.85. The minimum atomic E-state index is -3.98. The summed E-state index contributed by atoms with van der Waals surface area (Å²) < 4.78 is 26.4. The Bertz CT molecular complexity index is 676. The van der Waals surface area contributed by atoms with Gasteiger partial charge in [-0.15, -0.1) is 0 Å². The van der Waals surface area contributed by atoms with E-state index in [0.29, 0.717) is 12.8 Å². The molecule has 0 amide bonds. The molecule has 1 saturated heterocycles. The lowest BCUT2D eigenvalue weighted by Crippen LogP contribution is -2.37. The van der Waals surface area contributed by atoms with Crippen molar-refractivity contribution in [3.05, 3.63) is 27.7 Å². The zero-order valence-electron chi connectivity index (χ0n) is 10.8. The summed E-state index contributed by atoms with van der Waals surface area (Å²) in [5.74, 6) is -1.40. The number of carboxylic acid groups (broad SMARTS) is 1. The first-order valence-electron chi connectivity index (χ1n) is 6.14. The van der Waals surface area contributed by atoms with Crippen LogP contribution in [-0.4, -0.2) is 48.1 Å². The number of carbonyl (C=O) groups is 1. The topological polar surface area (TPSA) is 94.9 Å². The van der Waals surface area contributed by atoms with Crippen LogP contribution in [0.2, 0.25) is 10.0 Å². The molecule has 0 aliphatic carbocycles. The predicted octanol–water partition coefficient (Wildman–Crippen LogP) is 1.84. The number of nitrogens with zero attached hydrogens (tertiary/aromatic N) is 1. The van der Waals surface area contributed by atoms with Crippen molar-refractivity contribution < 1.29 is 23.4 Å². The van der Waals surface area contributed by atoms with Gasteiger partial charge in [-0.3, -0.25) is 0 Å². The molecule has 6 nitrogen and oxygen atoms in total. The van der Waals surface area contributed by atoms with Crippen molar-refractivity contribution in [1.29, 1.82) is 0 Å². The summed E-state index contributed by atoms with van der Waals surface area (Å²) in [5, 5.41) is 17.8. The first-order chi connectivity index (χ1) is 9.80. The Morgan fingerprint density at radius 3 is 2.62 bits per heavy atom. The van der Waals surface area contributed by atoms with Gasteiger partial charge in [-0.2, -0.15) is 4.31 Å². The molecule has 2 rings (SSSR count). The Morgan fingerprint density at radius 1 is 1.38 bits per heavy atom. The largest absolute Gasteiger partial charge is 0.478 e. The standard InChI is InChI=1S/C12H13Cl2NO5S/c13-8-3-4-9(11(14)10(8)12(17)18)21(19,20)15-5-1-2-7(15)6-16/h3-4,7,16H,1-2,5-6H2,(H,17,18). The van der Waals surface area contributed by atoms with Gasteiger partial charge in [0.05, 0.1) is 22.2 Å². The summed E-state index contributed by atoms with van der Waals surface area (Å²) in [5.41, 5.74) is -0.445. The zero-order chi connectivity index (χ0) is 15.8. The minimum Gasteiger partial charge on any atom is -0.478 e. The molecule has 0 radical (unpaired) electrons. The molecule has 1 aliphatic heterocycles. The molecule has 1 aliphatic rings. The summed E-state index contributed by atoms with van der Waals surface area (Å²) >= 11 is 11.7. The molecule has 0 bridgehead atoms. The first-order valence-corrected chi connectivity index (χ1v) is 8.34. The number of aliphatic hydroxyl groups excluding tert-OH is 1. The van der Waals surface area contributed by atoms with Crippen molar-refractivity contribution in [2.24, 2.45) is 0 Å². The predicted molar refractivity (Wildman–Crippen MR) is 77.4 cm³/mol. The van der Waals surface area contributed by atoms with E-state index in [0.717, 1.165) is 4.31 Å². The lowest BCUT2D eigenvalue weighted by molar-refractivity contribution is 0.0697. The lowest BCUT2D eigenvalue weighted by atomic mass is 10.2. The number of aromatic carboxylic acids is 1. The average molecular weight is 354 g/mol. The van der Waals surface area contributed by atoms with E-state index in [4.69, 9.17) is 28.3 Å². The van der Waals surface area contributed by atoms with E-state index in [2.05, 4.69) is 0 Å². The van der Waals surface area contributed by atoms with Gasteiger partial charge >= 0.3 is 5.97 Å². The normalized spacial score (nSPS) is 19.9. The zero-order valence-corrected chi connectivity index (χ0v) is 13.1. The van der Waals surface area contributed by atoms with Gasteiger partial charge in [-0.25, -0.2) is 13.2 Å². The second-order valence-electron chi connectivity index (χ2n) is 4.63. The highest BCUT2D eigenvalue weighted by molar-refractivity contribution is 7.89. The molecular formula is C12H13Cl2NO5S. The summed E-state index contributed by atoms with van der Waals surface area (Å²) in [7, 11) is -3.98. The van der Waals surface area contributed by atoms with Crippen LogP contribution in [-0.2, 0) is 10.0 Å². The van der Waals surface area contributed by atoms with Crippen LogP contribution in [0.4, 0.5) is 0 Å². The molecule has 1 unspecified atom stereocenters. The van der Waals surface area contributed by atoms with Gasteiger partial charge in [0.1, 0.15) is 4.90 Å². The van der Waals surface area contributed by atoms with Crippen molar-refractivity contribution in [2.45, 2.75) is 23.8 Å². The van der Waals surface area contributed by atoms with E-state index in [-0.39, 0.29) is 23.1 Å². The number of rotatable bonds is 4. The lowest BCUT2D eigenvalue weighted by Gasteiger charge is -2.23. The van der Waals surface area contributed by atoms with Crippen LogP contribution in [0, 0.1) is 0 Å². The third-order valence-corrected chi connectivity index (χ3v) is 6.20. The molecule has 1 fully saturated rings. The third kappa shape index (κ3) is 2.89. The van der Waals surface area contributed by atoms with E-state index in [1.165, 1.54) is 12.1 Å². The van der Waals surface area contributed by atoms with Crippen molar-refractivity contribution in [3.8, 4) is 0 Å². The molecule has 1 aromatic rings. The van der Waals surface area contributed by atoms with Gasteiger partial charge in [0.2, 0.25) is 10.0 Å². The second-order valence-corrected chi connectivity index (χ2v) is 7.28. The molecule has 0 spiro atoms. The fraction of sp³-hybridized carbons (Fsp3) is 0.417. The van der Waals surface area contributed by atoms with Crippen LogP contribution in [0.15, 0.2) is 17.0 Å². The summed E-state index contributed by atoms with van der Waals surface area (Å²) in [6.07, 6.45) is 1.17. The van der Waals surface area contributed by atoms with Gasteiger partial charge in [-0.1, -0.05) is 23.2 Å². The van der Waals surface area contributed by atoms with Crippen LogP contribution >= 0.6 is 23.2 Å². The average Bonchev–Trinajstić information content (AvgIpc) is 2.86. The molecule has 0 saturated carbocycles. The van der Waals surface area contributed by atoms with Crippen LogP contribution in [0.3, 0.4) is 0 Å². The SMILES string of the molecule is O=C(O)c1c(Cl)ccc(S(=O)(=O)N2CCCC2CO)c1Cl. The number of aliphatic hydroxyl groups is 1. The second kappa shape index (κ2) is 6.10. The highest BCUT2D eigenvalue weighted by atomic mass is 35.5. The van der Waals surface area contributed by atoms with Gasteiger partial charge in [0.25, 0.3) is 0 Å². The molecule has 21 heavy (non-hydrogen) atoms. The van der Waals surface area contributed by atoms with Crippen molar-refractivity contribution in [2.75, 3.05) is 13.2 Å². The monoisotopic (exact) mass is 353 g/mol. The van der Waals surface area contributed by atoms with Gasteiger partial charge in [0, 0.05) is 12.6 Å². The maximum Gasteiger partial charge on any atom is 0.338 e. The highest BCUT2D eigenvalue weighted by Crippen LogP contribution is 2.35. The van der Waals surface area contributed by atoms with Crippen molar-refractivity contribution in [3.63, 3.8) is 0 Å². The molecule has 1 aromatic carbocycles. The Kier molecular flexibility index (Phi) is 4.79. The Labute approximate surface area is 131 Å². The van der Waals surface area contributed by atoms with E-state index in [1.807, 2.05) is 0 Å². The van der Waals surface area contributed by atoms with Crippen LogP contribution in [0.25, 0.3) is 0 Å². The first kappa shape index (κ1) is 16.5. The molecule has 116 valence electrons. The Balaban J connectivity index is 2.56. The quantitative estimate of drug-likeness (QED) is 0.860. The highest BCUT2D eigenvalue weighted by Gasteiger charge is 2.37. The molecule has 0 aromatic heterocycles. The maximum atomic E-state index is 12.6. The van der Waals surface area contributed by atoms with Crippen LogP contribution in [0.5, 0.6) is 0 Å². The Morgan fingerprint density at radius 2 is 2.05 bits per heavy atom. The van der Waals surface area contributed by atoms with Gasteiger partial charge < -0.3 is 10.2 Å². The minimum absolute atomic E-state index is 0.133. The summed E-state index contributed by atoms with van der Waals surface area (Å²) in [4.78, 5) is 10.8. The number of sulfonamides is 1. The maximum absolute atomic E-state index is 12.6. The van der Waals surface area contributed by atoms with Crippen LogP contribution < -0.4 is 0 Å². The number of carboxylic acids is 1. The van der Waals surface area contributed by atoms with Crippen LogP contribution in [0.1, 0.15) is 23.2 Å². The van der Waals surface area contributed by atoms with Gasteiger partial charge in [-0.05, 0) is 25.0 Å². The molecule has 1 atom stereocenters. The molecule has 9 heteroatoms. The number of halogens is 2. The number of hydrogen-bond donors (Lipinski definition) is 2. The smallest absolute Gasteiger partial charge is 0.338 e. The molecular weight excluding hydrogens is 341 g/mol. The third-order valence-electron chi connectivity index (χ3n) is 3.39. The van der Waals surface area contributed by atoms with E-state index >= 15 is 0 Å². The fourth-order valence-electron chi connectivity index (χ4n) is 2.36. The van der Waals surface area contributed by atoms with E-state index < -0.39 is 32.6 Å². The fourth-order valence-corrected chi connectivity index (χ4v) is 4.94. The van der Waals surface area contributed by atoms with Gasteiger partial charge in [0.15, 0.2) is 0 Å². The molecule has 2 N–H and O–H groups in total. The summed E-state index contributed by atoms with van der Waals surface area (Å²) in [6.45, 7) is -0.0366.